The molecule has 0 radical (unpaired) electrons. The molecule has 8 nitrogen and oxygen atoms in total. The highest BCUT2D eigenvalue weighted by molar-refractivity contribution is 7.90. The van der Waals surface area contributed by atoms with Crippen molar-refractivity contribution in [3.63, 3.8) is 0 Å². The van der Waals surface area contributed by atoms with Gasteiger partial charge in [-0.25, -0.2) is 13.4 Å². The molecule has 0 aliphatic heterocycles. The molecule has 3 N–H and O–H groups in total. The summed E-state index contributed by atoms with van der Waals surface area (Å²) in [6.45, 7) is 0. The lowest BCUT2D eigenvalue weighted by Crippen LogP contribution is -2.32. The zero-order valence-corrected chi connectivity index (χ0v) is 13.7. The van der Waals surface area contributed by atoms with E-state index in [9.17, 15) is 18.0 Å². The monoisotopic (exact) mass is 348 g/mol. The topological polar surface area (TPSA) is 132 Å². The van der Waals surface area contributed by atoms with Crippen LogP contribution in [0.1, 0.15) is 28.4 Å². The SMILES string of the molecule is CS(=O)(=O)c1cc([C@H](CC(N)=O)NC(=O)c2ccncc2)ccn1. The van der Waals surface area contributed by atoms with Crippen LogP contribution in [-0.4, -0.2) is 36.5 Å². The molecule has 0 bridgehead atoms. The maximum absolute atomic E-state index is 12.3. The molecule has 0 aliphatic rings. The molecule has 2 aromatic rings. The van der Waals surface area contributed by atoms with Crippen molar-refractivity contribution < 1.29 is 18.0 Å². The molecule has 2 rings (SSSR count). The van der Waals surface area contributed by atoms with Gasteiger partial charge in [0.25, 0.3) is 5.91 Å². The van der Waals surface area contributed by atoms with E-state index in [-0.39, 0.29) is 11.4 Å². The second-order valence-corrected chi connectivity index (χ2v) is 7.09. The van der Waals surface area contributed by atoms with Gasteiger partial charge in [-0.2, -0.15) is 0 Å². The van der Waals surface area contributed by atoms with Crippen molar-refractivity contribution >= 4 is 21.7 Å². The first-order chi connectivity index (χ1) is 11.3. The number of rotatable bonds is 6. The van der Waals surface area contributed by atoms with E-state index in [0.717, 1.165) is 6.26 Å². The number of carbonyl (C=O) groups is 2. The van der Waals surface area contributed by atoms with E-state index in [0.29, 0.717) is 11.1 Å². The van der Waals surface area contributed by atoms with E-state index in [1.54, 1.807) is 0 Å². The minimum absolute atomic E-state index is 0.146. The summed E-state index contributed by atoms with van der Waals surface area (Å²) in [4.78, 5) is 31.2. The third-order valence-electron chi connectivity index (χ3n) is 3.19. The second-order valence-electron chi connectivity index (χ2n) is 5.13. The van der Waals surface area contributed by atoms with Gasteiger partial charge in [-0.1, -0.05) is 0 Å². The quantitative estimate of drug-likeness (QED) is 0.768. The molecule has 24 heavy (non-hydrogen) atoms. The molecule has 0 spiro atoms. The van der Waals surface area contributed by atoms with E-state index >= 15 is 0 Å². The molecule has 2 aromatic heterocycles. The average molecular weight is 348 g/mol. The second kappa shape index (κ2) is 7.18. The third kappa shape index (κ3) is 4.59. The van der Waals surface area contributed by atoms with E-state index in [1.807, 2.05) is 0 Å². The number of hydrogen-bond acceptors (Lipinski definition) is 6. The van der Waals surface area contributed by atoms with Gasteiger partial charge in [0.15, 0.2) is 14.9 Å². The first-order valence-electron chi connectivity index (χ1n) is 6.92. The molecule has 2 amide bonds. The molecule has 0 aliphatic carbocycles. The normalized spacial score (nSPS) is 12.4. The molecule has 0 fully saturated rings. The average Bonchev–Trinajstić information content (AvgIpc) is 2.54. The zero-order valence-electron chi connectivity index (χ0n) is 12.8. The lowest BCUT2D eigenvalue weighted by molar-refractivity contribution is -0.118. The largest absolute Gasteiger partial charge is 0.370 e. The van der Waals surface area contributed by atoms with Crippen molar-refractivity contribution in [1.29, 1.82) is 0 Å². The van der Waals surface area contributed by atoms with E-state index < -0.39 is 27.7 Å². The number of amides is 2. The Morgan fingerprint density at radius 2 is 1.88 bits per heavy atom. The lowest BCUT2D eigenvalue weighted by Gasteiger charge is -2.18. The Balaban J connectivity index is 2.32. The van der Waals surface area contributed by atoms with Crippen molar-refractivity contribution in [3.05, 3.63) is 54.0 Å². The molecule has 126 valence electrons. The Bertz CT molecular complexity index is 853. The van der Waals surface area contributed by atoms with E-state index in [4.69, 9.17) is 5.73 Å². The first-order valence-corrected chi connectivity index (χ1v) is 8.81. The van der Waals surface area contributed by atoms with Gasteiger partial charge in [0.05, 0.1) is 12.5 Å². The van der Waals surface area contributed by atoms with Crippen molar-refractivity contribution in [2.24, 2.45) is 5.73 Å². The number of sulfone groups is 1. The summed E-state index contributed by atoms with van der Waals surface area (Å²) in [7, 11) is -3.52. The molecule has 9 heteroatoms. The smallest absolute Gasteiger partial charge is 0.251 e. The molecule has 0 aromatic carbocycles. The van der Waals surface area contributed by atoms with Gasteiger partial charge in [-0.15, -0.1) is 0 Å². The summed E-state index contributed by atoms with van der Waals surface area (Å²) in [5, 5.41) is 2.52. The molecular weight excluding hydrogens is 332 g/mol. The van der Waals surface area contributed by atoms with E-state index in [1.165, 1.54) is 42.9 Å². The predicted molar refractivity (Wildman–Crippen MR) is 85.6 cm³/mol. The number of aromatic nitrogens is 2. The standard InChI is InChI=1S/C15H16N4O4S/c1-24(22,23)14-8-11(4-7-18-14)12(9-13(16)20)19-15(21)10-2-5-17-6-3-10/h2-8,12H,9H2,1H3,(H2,16,20)(H,19,21)/t12-/m0/s1. The highest BCUT2D eigenvalue weighted by Crippen LogP contribution is 2.19. The summed E-state index contributed by atoms with van der Waals surface area (Å²) in [5.74, 6) is -1.06. The Kier molecular flexibility index (Phi) is 5.24. The van der Waals surface area contributed by atoms with Crippen LogP contribution in [-0.2, 0) is 14.6 Å². The van der Waals surface area contributed by atoms with Crippen LogP contribution in [0.3, 0.4) is 0 Å². The molecule has 0 unspecified atom stereocenters. The highest BCUT2D eigenvalue weighted by atomic mass is 32.2. The molecule has 1 atom stereocenters. The Hall–Kier alpha value is -2.81. The maximum Gasteiger partial charge on any atom is 0.251 e. The van der Waals surface area contributed by atoms with Crippen molar-refractivity contribution in [1.82, 2.24) is 15.3 Å². The highest BCUT2D eigenvalue weighted by Gasteiger charge is 2.20. The zero-order chi connectivity index (χ0) is 17.7. The van der Waals surface area contributed by atoms with Crippen molar-refractivity contribution in [3.8, 4) is 0 Å². The first kappa shape index (κ1) is 17.5. The van der Waals surface area contributed by atoms with Crippen LogP contribution in [0.25, 0.3) is 0 Å². The van der Waals surface area contributed by atoms with Gasteiger partial charge in [0, 0.05) is 30.4 Å². The number of hydrogen-bond donors (Lipinski definition) is 2. The van der Waals surface area contributed by atoms with Gasteiger partial charge in [0.1, 0.15) is 0 Å². The Morgan fingerprint density at radius 1 is 1.21 bits per heavy atom. The van der Waals surface area contributed by atoms with Crippen LogP contribution in [0.5, 0.6) is 0 Å². The van der Waals surface area contributed by atoms with Crippen LogP contribution in [0, 0.1) is 0 Å². The summed E-state index contributed by atoms with van der Waals surface area (Å²) in [6.07, 6.45) is 5.08. The minimum Gasteiger partial charge on any atom is -0.370 e. The summed E-state index contributed by atoms with van der Waals surface area (Å²) < 4.78 is 23.3. The van der Waals surface area contributed by atoms with Crippen molar-refractivity contribution in [2.75, 3.05) is 6.26 Å². The number of nitrogens with two attached hydrogens (primary N) is 1. The summed E-state index contributed by atoms with van der Waals surface area (Å²) >= 11 is 0. The maximum atomic E-state index is 12.3. The van der Waals surface area contributed by atoms with Gasteiger partial charge in [-0.3, -0.25) is 14.6 Å². The van der Waals surface area contributed by atoms with Gasteiger partial charge < -0.3 is 11.1 Å². The lowest BCUT2D eigenvalue weighted by atomic mass is 10.0. The fourth-order valence-electron chi connectivity index (χ4n) is 2.04. The Labute approximate surface area is 139 Å². The van der Waals surface area contributed by atoms with Gasteiger partial charge in [0.2, 0.25) is 5.91 Å². The van der Waals surface area contributed by atoms with Crippen molar-refractivity contribution in [2.45, 2.75) is 17.5 Å². The predicted octanol–water partition coefficient (Wildman–Crippen LogP) is 0.227. The number of pyridine rings is 2. The fraction of sp³-hybridized carbons (Fsp3) is 0.200. The Morgan fingerprint density at radius 3 is 2.46 bits per heavy atom. The van der Waals surface area contributed by atoms with Crippen LogP contribution >= 0.6 is 0 Å². The van der Waals surface area contributed by atoms with Crippen LogP contribution < -0.4 is 11.1 Å². The third-order valence-corrected chi connectivity index (χ3v) is 4.18. The van der Waals surface area contributed by atoms with Crippen LogP contribution in [0.2, 0.25) is 0 Å². The summed E-state index contributed by atoms with van der Waals surface area (Å²) in [5.41, 5.74) is 6.02. The molecule has 2 heterocycles. The number of primary amides is 1. The van der Waals surface area contributed by atoms with E-state index in [2.05, 4.69) is 15.3 Å². The number of nitrogens with one attached hydrogen (secondary N) is 1. The van der Waals surface area contributed by atoms with Crippen LogP contribution in [0.15, 0.2) is 47.9 Å². The summed E-state index contributed by atoms with van der Waals surface area (Å²) in [6, 6.07) is 5.10. The number of carbonyl (C=O) groups excluding carboxylic acids is 2. The molecular formula is C15H16N4O4S. The molecule has 0 saturated heterocycles. The van der Waals surface area contributed by atoms with Gasteiger partial charge >= 0.3 is 0 Å². The molecule has 0 saturated carbocycles. The van der Waals surface area contributed by atoms with Gasteiger partial charge in [-0.05, 0) is 29.8 Å². The van der Waals surface area contributed by atoms with Crippen LogP contribution in [0.4, 0.5) is 0 Å². The minimum atomic E-state index is -3.52. The number of nitrogens with zero attached hydrogens (tertiary/aromatic N) is 2. The fourth-order valence-corrected chi connectivity index (χ4v) is 2.65.